The molecule has 3 aromatic rings. The van der Waals surface area contributed by atoms with Crippen LogP contribution < -0.4 is 15.4 Å². The van der Waals surface area contributed by atoms with Crippen LogP contribution >= 0.6 is 11.3 Å². The minimum absolute atomic E-state index is 0.194. The standard InChI is InChI=1S/C25H26N2O3S/c1-4-22(18-10-12-20(30-3)13-11-18)26-25(29)23(16-21-9-6-14-31-21)27-24(28)19-8-5-7-17(2)15-19/h5-16,22H,4H2,1-3H3,(H,26,29)(H,27,28)/b23-16-/t22-/m0/s1. The van der Waals surface area contributed by atoms with Crippen molar-refractivity contribution < 1.29 is 14.3 Å². The molecule has 0 saturated heterocycles. The highest BCUT2D eigenvalue weighted by Gasteiger charge is 2.19. The van der Waals surface area contributed by atoms with Crippen molar-refractivity contribution in [2.75, 3.05) is 7.11 Å². The zero-order valence-electron chi connectivity index (χ0n) is 17.8. The van der Waals surface area contributed by atoms with Gasteiger partial charge in [0, 0.05) is 10.4 Å². The van der Waals surface area contributed by atoms with Gasteiger partial charge in [-0.25, -0.2) is 0 Å². The minimum atomic E-state index is -0.336. The Hall–Kier alpha value is -3.38. The third kappa shape index (κ3) is 6.06. The van der Waals surface area contributed by atoms with Gasteiger partial charge in [0.15, 0.2) is 0 Å². The quantitative estimate of drug-likeness (QED) is 0.485. The molecule has 0 spiro atoms. The molecule has 0 aliphatic carbocycles. The maximum Gasteiger partial charge on any atom is 0.268 e. The molecule has 0 aliphatic rings. The van der Waals surface area contributed by atoms with Crippen LogP contribution in [0.15, 0.2) is 71.7 Å². The molecule has 1 atom stereocenters. The van der Waals surface area contributed by atoms with Crippen molar-refractivity contribution in [3.05, 3.63) is 93.3 Å². The molecule has 0 bridgehead atoms. The highest BCUT2D eigenvalue weighted by atomic mass is 32.1. The summed E-state index contributed by atoms with van der Waals surface area (Å²) in [6, 6.07) is 18.5. The van der Waals surface area contributed by atoms with Gasteiger partial charge in [-0.2, -0.15) is 0 Å². The van der Waals surface area contributed by atoms with Gasteiger partial charge < -0.3 is 15.4 Å². The molecule has 5 nitrogen and oxygen atoms in total. The molecule has 2 amide bonds. The molecule has 31 heavy (non-hydrogen) atoms. The van der Waals surface area contributed by atoms with Gasteiger partial charge in [-0.15, -0.1) is 11.3 Å². The smallest absolute Gasteiger partial charge is 0.268 e. The molecule has 1 aromatic heterocycles. The predicted octanol–water partition coefficient (Wildman–Crippen LogP) is 5.10. The fraction of sp³-hybridized carbons (Fsp3) is 0.200. The first kappa shape index (κ1) is 22.3. The third-order valence-corrected chi connectivity index (χ3v) is 5.65. The van der Waals surface area contributed by atoms with Gasteiger partial charge in [0.1, 0.15) is 11.4 Å². The van der Waals surface area contributed by atoms with Gasteiger partial charge in [0.05, 0.1) is 13.2 Å². The zero-order valence-corrected chi connectivity index (χ0v) is 18.7. The van der Waals surface area contributed by atoms with E-state index >= 15 is 0 Å². The fourth-order valence-electron chi connectivity index (χ4n) is 3.15. The Morgan fingerprint density at radius 3 is 2.48 bits per heavy atom. The first-order chi connectivity index (χ1) is 15.0. The lowest BCUT2D eigenvalue weighted by Crippen LogP contribution is -2.36. The van der Waals surface area contributed by atoms with E-state index in [1.54, 1.807) is 25.3 Å². The van der Waals surface area contributed by atoms with E-state index in [1.165, 1.54) is 11.3 Å². The van der Waals surface area contributed by atoms with Crippen molar-refractivity contribution in [3.8, 4) is 5.75 Å². The van der Waals surface area contributed by atoms with Crippen molar-refractivity contribution >= 4 is 29.2 Å². The minimum Gasteiger partial charge on any atom is -0.497 e. The van der Waals surface area contributed by atoms with Crippen LogP contribution in [0.4, 0.5) is 0 Å². The molecular formula is C25H26N2O3S. The van der Waals surface area contributed by atoms with Crippen LogP contribution in [0.25, 0.3) is 6.08 Å². The SMILES string of the molecule is CC[C@H](NC(=O)/C(=C/c1cccs1)NC(=O)c1cccc(C)c1)c1ccc(OC)cc1. The molecule has 2 N–H and O–H groups in total. The van der Waals surface area contributed by atoms with E-state index in [1.807, 2.05) is 67.8 Å². The van der Waals surface area contributed by atoms with Crippen LogP contribution in [0.1, 0.15) is 45.7 Å². The van der Waals surface area contributed by atoms with E-state index in [-0.39, 0.29) is 23.6 Å². The molecule has 0 aliphatic heterocycles. The summed E-state index contributed by atoms with van der Waals surface area (Å²) < 4.78 is 5.21. The van der Waals surface area contributed by atoms with Gasteiger partial charge in [0.2, 0.25) is 0 Å². The zero-order chi connectivity index (χ0) is 22.2. The summed E-state index contributed by atoms with van der Waals surface area (Å²) in [7, 11) is 1.62. The monoisotopic (exact) mass is 434 g/mol. The van der Waals surface area contributed by atoms with Crippen molar-refractivity contribution in [1.82, 2.24) is 10.6 Å². The lowest BCUT2D eigenvalue weighted by molar-refractivity contribution is -0.118. The Labute approximate surface area is 186 Å². The second kappa shape index (κ2) is 10.6. The lowest BCUT2D eigenvalue weighted by atomic mass is 10.0. The number of nitrogens with one attached hydrogen (secondary N) is 2. The molecule has 0 unspecified atom stereocenters. The summed E-state index contributed by atoms with van der Waals surface area (Å²) in [6.07, 6.45) is 2.41. The highest BCUT2D eigenvalue weighted by molar-refractivity contribution is 7.10. The number of ether oxygens (including phenoxy) is 1. The summed E-state index contributed by atoms with van der Waals surface area (Å²) >= 11 is 1.50. The fourth-order valence-corrected chi connectivity index (χ4v) is 3.81. The van der Waals surface area contributed by atoms with E-state index in [9.17, 15) is 9.59 Å². The molecule has 0 fully saturated rings. The van der Waals surface area contributed by atoms with Crippen LogP contribution in [0.2, 0.25) is 0 Å². The van der Waals surface area contributed by atoms with E-state index in [0.29, 0.717) is 12.0 Å². The van der Waals surface area contributed by atoms with Crippen molar-refractivity contribution in [2.24, 2.45) is 0 Å². The van der Waals surface area contributed by atoms with Crippen molar-refractivity contribution in [2.45, 2.75) is 26.3 Å². The number of benzene rings is 2. The Morgan fingerprint density at radius 2 is 1.87 bits per heavy atom. The summed E-state index contributed by atoms with van der Waals surface area (Å²) in [5, 5.41) is 7.76. The first-order valence-electron chi connectivity index (χ1n) is 10.1. The summed E-state index contributed by atoms with van der Waals surface area (Å²) in [5.74, 6) is 0.102. The number of hydrogen-bond donors (Lipinski definition) is 2. The van der Waals surface area contributed by atoms with Crippen LogP contribution in [0.5, 0.6) is 5.75 Å². The number of thiophene rings is 1. The molecule has 3 rings (SSSR count). The number of rotatable bonds is 8. The van der Waals surface area contributed by atoms with Crippen molar-refractivity contribution in [3.63, 3.8) is 0 Å². The molecule has 0 radical (unpaired) electrons. The number of carbonyl (C=O) groups excluding carboxylic acids is 2. The molecule has 2 aromatic carbocycles. The average molecular weight is 435 g/mol. The topological polar surface area (TPSA) is 67.4 Å². The normalized spacial score (nSPS) is 12.2. The molecule has 1 heterocycles. The number of hydrogen-bond acceptors (Lipinski definition) is 4. The van der Waals surface area contributed by atoms with Crippen LogP contribution in [0.3, 0.4) is 0 Å². The second-order valence-corrected chi connectivity index (χ2v) is 8.08. The van der Waals surface area contributed by atoms with Gasteiger partial charge in [-0.3, -0.25) is 9.59 Å². The molecule has 0 saturated carbocycles. The Kier molecular flexibility index (Phi) is 7.62. The second-order valence-electron chi connectivity index (χ2n) is 7.10. The number of methoxy groups -OCH3 is 1. The largest absolute Gasteiger partial charge is 0.497 e. The summed E-state index contributed by atoms with van der Waals surface area (Å²) in [5.41, 5.74) is 2.66. The van der Waals surface area contributed by atoms with E-state index in [4.69, 9.17) is 4.74 Å². The number of amides is 2. The number of aryl methyl sites for hydroxylation is 1. The Bertz CT molecular complexity index is 1060. The molecular weight excluding hydrogens is 408 g/mol. The third-order valence-electron chi connectivity index (χ3n) is 4.83. The summed E-state index contributed by atoms with van der Waals surface area (Å²) in [6.45, 7) is 3.93. The first-order valence-corrected chi connectivity index (χ1v) is 11.0. The van der Waals surface area contributed by atoms with Gasteiger partial charge in [-0.05, 0) is 60.7 Å². The maximum absolute atomic E-state index is 13.2. The Balaban J connectivity index is 1.82. The summed E-state index contributed by atoms with van der Waals surface area (Å²) in [4.78, 5) is 26.8. The molecule has 6 heteroatoms. The van der Waals surface area contributed by atoms with Crippen LogP contribution in [0, 0.1) is 6.92 Å². The van der Waals surface area contributed by atoms with E-state index < -0.39 is 0 Å². The highest BCUT2D eigenvalue weighted by Crippen LogP contribution is 2.21. The Morgan fingerprint density at radius 1 is 1.10 bits per heavy atom. The lowest BCUT2D eigenvalue weighted by Gasteiger charge is -2.19. The van der Waals surface area contributed by atoms with Crippen molar-refractivity contribution in [1.29, 1.82) is 0 Å². The van der Waals surface area contributed by atoms with Crippen LogP contribution in [-0.2, 0) is 4.79 Å². The maximum atomic E-state index is 13.2. The van der Waals surface area contributed by atoms with Gasteiger partial charge in [-0.1, -0.05) is 42.8 Å². The van der Waals surface area contributed by atoms with Gasteiger partial charge in [0.25, 0.3) is 11.8 Å². The number of carbonyl (C=O) groups is 2. The van der Waals surface area contributed by atoms with E-state index in [2.05, 4.69) is 10.6 Å². The van der Waals surface area contributed by atoms with Gasteiger partial charge >= 0.3 is 0 Å². The van der Waals surface area contributed by atoms with E-state index in [0.717, 1.165) is 21.8 Å². The predicted molar refractivity (Wildman–Crippen MR) is 125 cm³/mol. The average Bonchev–Trinajstić information content (AvgIpc) is 3.30. The van der Waals surface area contributed by atoms with Crippen LogP contribution in [-0.4, -0.2) is 18.9 Å². The molecule has 160 valence electrons.